The Bertz CT molecular complexity index is 1260. The van der Waals surface area contributed by atoms with Gasteiger partial charge in [-0.2, -0.15) is 0 Å². The van der Waals surface area contributed by atoms with Gasteiger partial charge in [0.15, 0.2) is 5.69 Å². The summed E-state index contributed by atoms with van der Waals surface area (Å²) in [6.45, 7) is 12.1. The Balaban J connectivity index is 1.79. The van der Waals surface area contributed by atoms with E-state index in [4.69, 9.17) is 4.74 Å². The van der Waals surface area contributed by atoms with Crippen LogP contribution in [0.2, 0.25) is 0 Å². The highest BCUT2D eigenvalue weighted by Crippen LogP contribution is 2.38. The number of methoxy groups -OCH3 is 1. The van der Waals surface area contributed by atoms with Gasteiger partial charge in [-0.3, -0.25) is 9.59 Å². The summed E-state index contributed by atoms with van der Waals surface area (Å²) in [6, 6.07) is 8.42. The molecule has 1 aromatic carbocycles. The molecule has 1 N–H and O–H groups in total. The minimum atomic E-state index is -1.04. The van der Waals surface area contributed by atoms with Gasteiger partial charge in [-0.15, -0.1) is 5.10 Å². The minimum absolute atomic E-state index is 0.0502. The van der Waals surface area contributed by atoms with E-state index in [2.05, 4.69) is 24.2 Å². The molecule has 0 saturated carbocycles. The van der Waals surface area contributed by atoms with Crippen LogP contribution in [0.3, 0.4) is 0 Å². The number of carbonyl (C=O) groups is 3. The third-order valence-electron chi connectivity index (χ3n) is 8.51. The van der Waals surface area contributed by atoms with Crippen LogP contribution < -0.4 is 0 Å². The van der Waals surface area contributed by atoms with Crippen molar-refractivity contribution in [1.82, 2.24) is 29.7 Å². The zero-order chi connectivity index (χ0) is 31.3. The van der Waals surface area contributed by atoms with Gasteiger partial charge < -0.3 is 24.5 Å². The SMILES string of the molecule is COCCCCc1c(C(=O)N(CC(C)C)[C@H]2C[C@@H](N3CCCC3=O)CN(C(=O)O)C2C(C)(C)C)nnn1-c1ccccc1. The number of aromatic nitrogens is 3. The lowest BCUT2D eigenvalue weighted by atomic mass is 9.75. The molecule has 2 fully saturated rings. The number of unbranched alkanes of at least 4 members (excludes halogenated alkanes) is 1. The highest BCUT2D eigenvalue weighted by Gasteiger charge is 2.50. The van der Waals surface area contributed by atoms with E-state index in [0.717, 1.165) is 30.6 Å². The van der Waals surface area contributed by atoms with Crippen LogP contribution in [0, 0.1) is 11.3 Å². The van der Waals surface area contributed by atoms with Crippen LogP contribution in [-0.2, 0) is 16.0 Å². The fourth-order valence-corrected chi connectivity index (χ4v) is 6.76. The summed E-state index contributed by atoms with van der Waals surface area (Å²) < 4.78 is 7.00. The molecule has 0 spiro atoms. The zero-order valence-corrected chi connectivity index (χ0v) is 26.5. The first-order valence-electron chi connectivity index (χ1n) is 15.5. The Labute approximate surface area is 255 Å². The van der Waals surface area contributed by atoms with Gasteiger partial charge in [0.1, 0.15) is 0 Å². The number of para-hydroxylation sites is 1. The second kappa shape index (κ2) is 13.9. The fourth-order valence-electron chi connectivity index (χ4n) is 6.76. The maximum Gasteiger partial charge on any atom is 0.407 e. The number of ether oxygens (including phenoxy) is 1. The van der Waals surface area contributed by atoms with Crippen molar-refractivity contribution in [2.24, 2.45) is 11.3 Å². The van der Waals surface area contributed by atoms with E-state index in [0.29, 0.717) is 39.0 Å². The Kier molecular flexibility index (Phi) is 10.5. The first-order valence-corrected chi connectivity index (χ1v) is 15.5. The first-order chi connectivity index (χ1) is 20.4. The second-order valence-electron chi connectivity index (χ2n) is 13.3. The summed E-state index contributed by atoms with van der Waals surface area (Å²) in [6.07, 6.45) is 2.91. The van der Waals surface area contributed by atoms with E-state index in [-0.39, 0.29) is 36.0 Å². The summed E-state index contributed by atoms with van der Waals surface area (Å²) in [5, 5.41) is 19.3. The van der Waals surface area contributed by atoms with Crippen molar-refractivity contribution in [1.29, 1.82) is 0 Å². The third kappa shape index (κ3) is 7.37. The van der Waals surface area contributed by atoms with Crippen molar-refractivity contribution in [2.75, 3.05) is 33.4 Å². The molecule has 1 unspecified atom stereocenters. The van der Waals surface area contributed by atoms with Gasteiger partial charge in [0, 0.05) is 39.8 Å². The quantitative estimate of drug-likeness (QED) is 0.380. The molecule has 1 aromatic heterocycles. The van der Waals surface area contributed by atoms with Gasteiger partial charge >= 0.3 is 6.09 Å². The number of carbonyl (C=O) groups excluding carboxylic acids is 2. The van der Waals surface area contributed by atoms with Crippen molar-refractivity contribution in [3.8, 4) is 5.69 Å². The highest BCUT2D eigenvalue weighted by atomic mass is 16.5. The molecule has 2 aromatic rings. The van der Waals surface area contributed by atoms with Crippen LogP contribution in [0.1, 0.15) is 82.9 Å². The molecular weight excluding hydrogens is 548 g/mol. The molecule has 0 aliphatic carbocycles. The highest BCUT2D eigenvalue weighted by molar-refractivity contribution is 5.94. The van der Waals surface area contributed by atoms with Crippen molar-refractivity contribution >= 4 is 17.9 Å². The normalized spacial score (nSPS) is 21.1. The molecule has 3 amide bonds. The van der Waals surface area contributed by atoms with Crippen LogP contribution >= 0.6 is 0 Å². The molecule has 11 nitrogen and oxygen atoms in total. The number of amides is 3. The largest absolute Gasteiger partial charge is 0.465 e. The van der Waals surface area contributed by atoms with Gasteiger partial charge in [0.2, 0.25) is 5.91 Å². The van der Waals surface area contributed by atoms with Crippen LogP contribution in [0.4, 0.5) is 4.79 Å². The third-order valence-corrected chi connectivity index (χ3v) is 8.51. The van der Waals surface area contributed by atoms with Crippen molar-refractivity contribution in [3.63, 3.8) is 0 Å². The summed E-state index contributed by atoms with van der Waals surface area (Å²) in [7, 11) is 1.67. The Morgan fingerprint density at radius 3 is 2.47 bits per heavy atom. The van der Waals surface area contributed by atoms with E-state index in [1.54, 1.807) is 11.8 Å². The lowest BCUT2D eigenvalue weighted by Gasteiger charge is -2.53. The van der Waals surface area contributed by atoms with Crippen LogP contribution in [0.15, 0.2) is 30.3 Å². The van der Waals surface area contributed by atoms with E-state index >= 15 is 0 Å². The van der Waals surface area contributed by atoms with Crippen LogP contribution in [0.25, 0.3) is 5.69 Å². The summed E-state index contributed by atoms with van der Waals surface area (Å²) in [5.74, 6) is -0.0873. The van der Waals surface area contributed by atoms with Gasteiger partial charge in [0.25, 0.3) is 5.91 Å². The van der Waals surface area contributed by atoms with Crippen LogP contribution in [0.5, 0.6) is 0 Å². The molecule has 4 rings (SSSR count). The standard InChI is InChI=1S/C32H48N6O5/c1-22(2)20-36(26-19-24(35-17-12-16-27(35)39)21-37(31(41)42)29(26)32(3,4)5)30(40)28-25(15-10-11-18-43-6)38(34-33-28)23-13-8-7-9-14-23/h7-9,13-14,22,24,26,29H,10-12,15-21H2,1-6H3,(H,41,42)/t24-,26+,29?/m1/s1. The van der Waals surface area contributed by atoms with E-state index in [9.17, 15) is 19.5 Å². The molecule has 0 radical (unpaired) electrons. The number of carboxylic acid groups (broad SMARTS) is 1. The van der Waals surface area contributed by atoms with Crippen molar-refractivity contribution in [2.45, 2.75) is 91.3 Å². The summed E-state index contributed by atoms with van der Waals surface area (Å²) in [5.41, 5.74) is 1.37. The van der Waals surface area contributed by atoms with Gasteiger partial charge in [0.05, 0.1) is 29.5 Å². The molecule has 11 heteroatoms. The number of nitrogens with zero attached hydrogens (tertiary/aromatic N) is 6. The number of piperidine rings is 1. The maximum absolute atomic E-state index is 14.7. The zero-order valence-electron chi connectivity index (χ0n) is 26.5. The van der Waals surface area contributed by atoms with E-state index < -0.39 is 23.6 Å². The lowest BCUT2D eigenvalue weighted by Crippen LogP contribution is -2.68. The minimum Gasteiger partial charge on any atom is -0.465 e. The molecule has 2 aliphatic rings. The summed E-state index contributed by atoms with van der Waals surface area (Å²) >= 11 is 0. The summed E-state index contributed by atoms with van der Waals surface area (Å²) in [4.78, 5) is 45.4. The molecule has 236 valence electrons. The molecular formula is C32H48N6O5. The smallest absolute Gasteiger partial charge is 0.407 e. The molecule has 43 heavy (non-hydrogen) atoms. The van der Waals surface area contributed by atoms with E-state index in [1.807, 2.05) is 60.9 Å². The monoisotopic (exact) mass is 596 g/mol. The number of hydrogen-bond acceptors (Lipinski definition) is 6. The predicted octanol–water partition coefficient (Wildman–Crippen LogP) is 4.49. The number of benzene rings is 1. The van der Waals surface area contributed by atoms with Crippen molar-refractivity contribution in [3.05, 3.63) is 41.7 Å². The molecule has 3 heterocycles. The van der Waals surface area contributed by atoms with Gasteiger partial charge in [-0.25, -0.2) is 9.48 Å². The molecule has 3 atom stereocenters. The average molecular weight is 597 g/mol. The van der Waals surface area contributed by atoms with Crippen LogP contribution in [-0.4, -0.2) is 104 Å². The van der Waals surface area contributed by atoms with Crippen molar-refractivity contribution < 1.29 is 24.2 Å². The Morgan fingerprint density at radius 2 is 1.88 bits per heavy atom. The number of rotatable bonds is 11. The van der Waals surface area contributed by atoms with Gasteiger partial charge in [-0.1, -0.05) is 58.0 Å². The predicted molar refractivity (Wildman–Crippen MR) is 163 cm³/mol. The number of likely N-dealkylation sites (tertiary alicyclic amines) is 2. The molecule has 2 saturated heterocycles. The number of hydrogen-bond donors (Lipinski definition) is 1. The average Bonchev–Trinajstić information content (AvgIpc) is 3.59. The topological polar surface area (TPSA) is 121 Å². The second-order valence-corrected chi connectivity index (χ2v) is 13.3. The Morgan fingerprint density at radius 1 is 1.16 bits per heavy atom. The van der Waals surface area contributed by atoms with Gasteiger partial charge in [-0.05, 0) is 55.6 Å². The lowest BCUT2D eigenvalue weighted by molar-refractivity contribution is -0.132. The van der Waals surface area contributed by atoms with E-state index in [1.165, 1.54) is 4.90 Å². The Hall–Kier alpha value is -3.47. The first kappa shape index (κ1) is 32.4. The maximum atomic E-state index is 14.7. The molecule has 0 bridgehead atoms. The fraction of sp³-hybridized carbons (Fsp3) is 0.656. The molecule has 2 aliphatic heterocycles.